The molecule has 0 aliphatic carbocycles. The molecule has 3 aromatic rings. The quantitative estimate of drug-likeness (QED) is 0.178. The van der Waals surface area contributed by atoms with Gasteiger partial charge in [0.15, 0.2) is 11.5 Å². The Labute approximate surface area is 226 Å². The molecule has 0 spiro atoms. The van der Waals surface area contributed by atoms with Crippen LogP contribution in [0.3, 0.4) is 0 Å². The topological polar surface area (TPSA) is 89.0 Å². The second kappa shape index (κ2) is 13.3. The van der Waals surface area contributed by atoms with E-state index in [2.05, 4.69) is 38.4 Å². The van der Waals surface area contributed by atoms with E-state index >= 15 is 0 Å². The largest absolute Gasteiger partial charge is 0.493 e. The standard InChI is InChI=1S/C25H22Cl2IN3O4/c1-34-22-12-17(11-21(28)24(22)35-15-16-5-3-2-4-6-16)14-30-31-23(32)9-10-29-25(33)18-7-8-19(26)20(27)13-18/h2-8,11-14H,9-10,15H2,1H3,(H,29,33)(H,31,32). The van der Waals surface area contributed by atoms with E-state index in [1.807, 2.05) is 36.4 Å². The fourth-order valence-electron chi connectivity index (χ4n) is 2.95. The van der Waals surface area contributed by atoms with Crippen molar-refractivity contribution in [1.29, 1.82) is 0 Å². The summed E-state index contributed by atoms with van der Waals surface area (Å²) < 4.78 is 12.3. The molecule has 0 saturated heterocycles. The molecule has 0 radical (unpaired) electrons. The van der Waals surface area contributed by atoms with Gasteiger partial charge in [0.1, 0.15) is 6.61 Å². The van der Waals surface area contributed by atoms with Gasteiger partial charge in [-0.25, -0.2) is 5.43 Å². The van der Waals surface area contributed by atoms with Gasteiger partial charge in [0.2, 0.25) is 5.91 Å². The maximum Gasteiger partial charge on any atom is 0.251 e. The average Bonchev–Trinajstić information content (AvgIpc) is 2.85. The SMILES string of the molecule is COc1cc(C=NNC(=O)CCNC(=O)c2ccc(Cl)c(Cl)c2)cc(I)c1OCc1ccccc1. The van der Waals surface area contributed by atoms with Crippen LogP contribution in [0.25, 0.3) is 0 Å². The summed E-state index contributed by atoms with van der Waals surface area (Å²) in [5.74, 6) is 0.498. The molecule has 2 amide bonds. The molecule has 0 aliphatic rings. The van der Waals surface area contributed by atoms with Crippen LogP contribution in [0.2, 0.25) is 10.0 Å². The summed E-state index contributed by atoms with van der Waals surface area (Å²) in [6, 6.07) is 18.1. The maximum atomic E-state index is 12.1. The van der Waals surface area contributed by atoms with Crippen LogP contribution >= 0.6 is 45.8 Å². The molecule has 0 aromatic heterocycles. The molecular formula is C25H22Cl2IN3O4. The number of halogens is 3. The number of nitrogens with zero attached hydrogens (tertiary/aromatic N) is 1. The van der Waals surface area contributed by atoms with Gasteiger partial charge < -0.3 is 14.8 Å². The Hall–Kier alpha value is -2.82. The van der Waals surface area contributed by atoms with E-state index in [4.69, 9.17) is 32.7 Å². The van der Waals surface area contributed by atoms with Crippen LogP contribution in [0.1, 0.15) is 27.9 Å². The minimum absolute atomic E-state index is 0.0531. The van der Waals surface area contributed by atoms with Crippen LogP contribution < -0.4 is 20.2 Å². The first-order chi connectivity index (χ1) is 16.9. The fourth-order valence-corrected chi connectivity index (χ4v) is 4.03. The second-order valence-corrected chi connectivity index (χ2v) is 9.21. The molecule has 2 N–H and O–H groups in total. The highest BCUT2D eigenvalue weighted by Crippen LogP contribution is 2.34. The summed E-state index contributed by atoms with van der Waals surface area (Å²) in [5.41, 5.74) is 4.58. The number of hydrazone groups is 1. The normalized spacial score (nSPS) is 10.7. The van der Waals surface area contributed by atoms with Gasteiger partial charge in [0.05, 0.1) is 26.9 Å². The Morgan fingerprint density at radius 1 is 1.06 bits per heavy atom. The van der Waals surface area contributed by atoms with E-state index < -0.39 is 0 Å². The van der Waals surface area contributed by atoms with Gasteiger partial charge >= 0.3 is 0 Å². The monoisotopic (exact) mass is 625 g/mol. The first kappa shape index (κ1) is 26.8. The van der Waals surface area contributed by atoms with E-state index in [-0.39, 0.29) is 29.8 Å². The number of carbonyl (C=O) groups excluding carboxylic acids is 2. The Balaban J connectivity index is 1.49. The summed E-state index contributed by atoms with van der Waals surface area (Å²) in [4.78, 5) is 24.2. The van der Waals surface area contributed by atoms with E-state index in [1.54, 1.807) is 25.3 Å². The van der Waals surface area contributed by atoms with Crippen molar-refractivity contribution in [2.75, 3.05) is 13.7 Å². The highest BCUT2D eigenvalue weighted by molar-refractivity contribution is 14.1. The molecule has 0 saturated carbocycles. The Bertz CT molecular complexity index is 1220. The van der Waals surface area contributed by atoms with Crippen LogP contribution in [0.4, 0.5) is 0 Å². The number of nitrogens with one attached hydrogen (secondary N) is 2. The maximum absolute atomic E-state index is 12.1. The summed E-state index contributed by atoms with van der Waals surface area (Å²) >= 11 is 13.9. The third kappa shape index (κ3) is 8.12. The van der Waals surface area contributed by atoms with Crippen molar-refractivity contribution in [1.82, 2.24) is 10.7 Å². The Morgan fingerprint density at radius 2 is 1.83 bits per heavy atom. The van der Waals surface area contributed by atoms with Crippen molar-refractivity contribution in [2.24, 2.45) is 5.10 Å². The number of carbonyl (C=O) groups is 2. The molecule has 182 valence electrons. The first-order valence-electron chi connectivity index (χ1n) is 10.5. The molecular weight excluding hydrogens is 604 g/mol. The van der Waals surface area contributed by atoms with Crippen molar-refractivity contribution in [3.63, 3.8) is 0 Å². The summed E-state index contributed by atoms with van der Waals surface area (Å²) in [5, 5.41) is 7.29. The van der Waals surface area contributed by atoms with Crippen molar-refractivity contribution in [3.05, 3.63) is 91.0 Å². The minimum atomic E-state index is -0.351. The number of hydrogen-bond acceptors (Lipinski definition) is 5. The number of methoxy groups -OCH3 is 1. The van der Waals surface area contributed by atoms with Gasteiger partial charge in [-0.3, -0.25) is 9.59 Å². The molecule has 3 rings (SSSR count). The lowest BCUT2D eigenvalue weighted by atomic mass is 10.2. The van der Waals surface area contributed by atoms with Crippen LogP contribution in [0.15, 0.2) is 65.8 Å². The van der Waals surface area contributed by atoms with Gasteiger partial charge in [0, 0.05) is 18.5 Å². The number of rotatable bonds is 10. The molecule has 0 heterocycles. The van der Waals surface area contributed by atoms with E-state index in [1.165, 1.54) is 12.3 Å². The molecule has 35 heavy (non-hydrogen) atoms. The zero-order valence-corrected chi connectivity index (χ0v) is 22.4. The summed E-state index contributed by atoms with van der Waals surface area (Å²) in [6.07, 6.45) is 1.56. The predicted molar refractivity (Wildman–Crippen MR) is 146 cm³/mol. The van der Waals surface area contributed by atoms with E-state index in [0.29, 0.717) is 28.7 Å². The molecule has 0 bridgehead atoms. The molecule has 3 aromatic carbocycles. The third-order valence-electron chi connectivity index (χ3n) is 4.70. The molecule has 7 nitrogen and oxygen atoms in total. The Morgan fingerprint density at radius 3 is 2.54 bits per heavy atom. The zero-order valence-electron chi connectivity index (χ0n) is 18.7. The molecule has 0 fully saturated rings. The lowest BCUT2D eigenvalue weighted by molar-refractivity contribution is -0.120. The smallest absolute Gasteiger partial charge is 0.251 e. The van der Waals surface area contributed by atoms with Crippen LogP contribution in [0, 0.1) is 3.57 Å². The lowest BCUT2D eigenvalue weighted by Crippen LogP contribution is -2.29. The first-order valence-corrected chi connectivity index (χ1v) is 12.3. The summed E-state index contributed by atoms with van der Waals surface area (Å²) in [7, 11) is 1.57. The van der Waals surface area contributed by atoms with Crippen molar-refractivity contribution >= 4 is 63.8 Å². The van der Waals surface area contributed by atoms with Crippen LogP contribution in [-0.4, -0.2) is 31.7 Å². The molecule has 0 aliphatic heterocycles. The lowest BCUT2D eigenvalue weighted by Gasteiger charge is -2.13. The highest BCUT2D eigenvalue weighted by Gasteiger charge is 2.12. The molecule has 10 heteroatoms. The number of ether oxygens (including phenoxy) is 2. The van der Waals surface area contributed by atoms with Gasteiger partial charge in [-0.1, -0.05) is 53.5 Å². The van der Waals surface area contributed by atoms with Crippen LogP contribution in [0.5, 0.6) is 11.5 Å². The number of benzene rings is 3. The van der Waals surface area contributed by atoms with Gasteiger partial charge in [0.25, 0.3) is 5.91 Å². The van der Waals surface area contributed by atoms with Crippen molar-refractivity contribution in [3.8, 4) is 11.5 Å². The predicted octanol–water partition coefficient (Wildman–Crippen LogP) is 5.46. The molecule has 0 unspecified atom stereocenters. The second-order valence-electron chi connectivity index (χ2n) is 7.24. The molecule has 0 atom stereocenters. The third-order valence-corrected chi connectivity index (χ3v) is 6.24. The van der Waals surface area contributed by atoms with Gasteiger partial charge in [-0.15, -0.1) is 0 Å². The van der Waals surface area contributed by atoms with E-state index in [9.17, 15) is 9.59 Å². The fraction of sp³-hybridized carbons (Fsp3) is 0.160. The number of amides is 2. The van der Waals surface area contributed by atoms with Crippen molar-refractivity contribution < 1.29 is 19.1 Å². The average molecular weight is 626 g/mol. The number of hydrogen-bond donors (Lipinski definition) is 2. The Kier molecular flexibility index (Phi) is 10.2. The minimum Gasteiger partial charge on any atom is -0.493 e. The summed E-state index contributed by atoms with van der Waals surface area (Å²) in [6.45, 7) is 0.553. The van der Waals surface area contributed by atoms with Gasteiger partial charge in [-0.05, 0) is 64.0 Å². The zero-order chi connectivity index (χ0) is 25.2. The van der Waals surface area contributed by atoms with Crippen molar-refractivity contribution in [2.45, 2.75) is 13.0 Å². The van der Waals surface area contributed by atoms with Crippen LogP contribution in [-0.2, 0) is 11.4 Å². The highest BCUT2D eigenvalue weighted by atomic mass is 127. The van der Waals surface area contributed by atoms with Gasteiger partial charge in [-0.2, -0.15) is 5.10 Å². The van der Waals surface area contributed by atoms with E-state index in [0.717, 1.165) is 14.7 Å².